The minimum Gasteiger partial charge on any atom is -0.400 e. The number of aromatic amines is 1. The molecule has 0 radical (unpaired) electrons. The number of halogens is 5. The van der Waals surface area contributed by atoms with E-state index in [0.717, 1.165) is 42.7 Å². The lowest BCUT2D eigenvalue weighted by Gasteiger charge is -2.21. The van der Waals surface area contributed by atoms with Gasteiger partial charge in [0.2, 0.25) is 5.69 Å². The van der Waals surface area contributed by atoms with Gasteiger partial charge in [-0.25, -0.2) is 9.97 Å². The first kappa shape index (κ1) is 25.6. The van der Waals surface area contributed by atoms with E-state index in [4.69, 9.17) is 5.11 Å². The van der Waals surface area contributed by atoms with E-state index in [1.54, 1.807) is 6.20 Å². The lowest BCUT2D eigenvalue weighted by atomic mass is 9.99. The minimum atomic E-state index is -5.78. The predicted octanol–water partition coefficient (Wildman–Crippen LogP) is 3.96. The van der Waals surface area contributed by atoms with E-state index < -0.39 is 29.6 Å². The Kier molecular flexibility index (Phi) is 7.00. The van der Waals surface area contributed by atoms with E-state index in [9.17, 15) is 32.0 Å². The van der Waals surface area contributed by atoms with Gasteiger partial charge in [0.25, 0.3) is 5.56 Å². The molecule has 1 aliphatic carbocycles. The molecule has 0 aromatic carbocycles. The van der Waals surface area contributed by atoms with E-state index in [-0.39, 0.29) is 10.9 Å². The van der Waals surface area contributed by atoms with Crippen molar-refractivity contribution in [3.05, 3.63) is 52.6 Å². The quantitative estimate of drug-likeness (QED) is 0.424. The van der Waals surface area contributed by atoms with Crippen molar-refractivity contribution in [1.29, 1.82) is 5.26 Å². The third kappa shape index (κ3) is 4.63. The van der Waals surface area contributed by atoms with Crippen molar-refractivity contribution in [2.24, 2.45) is 0 Å². The van der Waals surface area contributed by atoms with Gasteiger partial charge < -0.3 is 9.67 Å². The van der Waals surface area contributed by atoms with E-state index in [2.05, 4.69) is 16.0 Å². The molecule has 34 heavy (non-hydrogen) atoms. The molecule has 2 N–H and O–H groups in total. The summed E-state index contributed by atoms with van der Waals surface area (Å²) >= 11 is 1.42. The monoisotopic (exact) mass is 499 g/mol. The highest BCUT2D eigenvalue weighted by Crippen LogP contribution is 2.48. The average Bonchev–Trinajstić information content (AvgIpc) is 3.62. The second kappa shape index (κ2) is 9.31. The number of nitrogens with zero attached hydrogens (tertiary/aromatic N) is 3. The van der Waals surface area contributed by atoms with Crippen LogP contribution in [0.2, 0.25) is 0 Å². The molecule has 0 aliphatic heterocycles. The second-order valence-electron chi connectivity index (χ2n) is 7.61. The molecule has 1 fully saturated rings. The fraction of sp³-hybridized carbons (Fsp3) is 0.364. The number of aromatic nitrogens is 3. The number of fused-ring (bicyclic) bond motifs is 1. The van der Waals surface area contributed by atoms with Gasteiger partial charge >= 0.3 is 12.1 Å². The van der Waals surface area contributed by atoms with E-state index in [0.29, 0.717) is 16.0 Å². The molecule has 3 heterocycles. The number of aliphatic hydroxyl groups excluding tert-OH is 1. The van der Waals surface area contributed by atoms with Gasteiger partial charge in [0.15, 0.2) is 6.20 Å². The van der Waals surface area contributed by atoms with Gasteiger partial charge in [-0.15, -0.1) is 11.8 Å². The molecule has 6 nitrogen and oxygen atoms in total. The van der Waals surface area contributed by atoms with Crippen molar-refractivity contribution in [1.82, 2.24) is 9.55 Å². The fourth-order valence-corrected chi connectivity index (χ4v) is 4.10. The van der Waals surface area contributed by atoms with Gasteiger partial charge in [0, 0.05) is 24.1 Å². The number of aliphatic hydroxyl groups is 1. The summed E-state index contributed by atoms with van der Waals surface area (Å²) in [6.07, 6.45) is 0.455. The first-order chi connectivity index (χ1) is 16.0. The Bertz CT molecular complexity index is 1310. The van der Waals surface area contributed by atoms with Crippen LogP contribution in [-0.2, 0) is 12.0 Å². The zero-order valence-corrected chi connectivity index (χ0v) is 18.9. The average molecular weight is 499 g/mol. The predicted molar refractivity (Wildman–Crippen MR) is 115 cm³/mol. The third-order valence-corrected chi connectivity index (χ3v) is 6.31. The molecule has 1 aliphatic rings. The molecule has 0 amide bonds. The standard InChI is InChI=1S/C21H15F5N4OS.CH4O/c1-32-16-7-13(19(10-27)4-5-19)8-29-18(16)14-6-12-2-3-17(31)30(15(12)9-28-14)11-20(22,23)21(24,25)26;1-2/h2-3,6-9H,4-5,11H2,1H3;2H,1H3/p+1. The summed E-state index contributed by atoms with van der Waals surface area (Å²) in [4.78, 5) is 20.2. The summed E-state index contributed by atoms with van der Waals surface area (Å²) < 4.78 is 65.6. The molecule has 0 unspecified atom stereocenters. The molecule has 180 valence electrons. The van der Waals surface area contributed by atoms with Crippen LogP contribution in [0.4, 0.5) is 22.0 Å². The zero-order chi connectivity index (χ0) is 25.3. The van der Waals surface area contributed by atoms with Gasteiger partial charge in [-0.1, -0.05) is 0 Å². The van der Waals surface area contributed by atoms with Crippen molar-refractivity contribution in [2.75, 3.05) is 13.4 Å². The zero-order valence-electron chi connectivity index (χ0n) is 18.1. The summed E-state index contributed by atoms with van der Waals surface area (Å²) in [6.45, 7) is -1.83. The smallest absolute Gasteiger partial charge is 0.400 e. The Labute approximate surface area is 195 Å². The molecule has 0 spiro atoms. The first-order valence-electron chi connectivity index (χ1n) is 9.92. The lowest BCUT2D eigenvalue weighted by molar-refractivity contribution is -0.368. The summed E-state index contributed by atoms with van der Waals surface area (Å²) in [6, 6.07) is 8.03. The normalized spacial score (nSPS) is 14.8. The topological polar surface area (TPSA) is 93.0 Å². The van der Waals surface area contributed by atoms with Crippen LogP contribution in [0.5, 0.6) is 0 Å². The highest BCUT2D eigenvalue weighted by Gasteiger charge is 2.57. The van der Waals surface area contributed by atoms with Gasteiger partial charge in [0.1, 0.15) is 5.69 Å². The Morgan fingerprint density at radius 1 is 1.24 bits per heavy atom. The largest absolute Gasteiger partial charge is 0.455 e. The first-order valence-corrected chi connectivity index (χ1v) is 11.1. The van der Waals surface area contributed by atoms with Crippen LogP contribution in [0.25, 0.3) is 22.3 Å². The Morgan fingerprint density at radius 2 is 1.91 bits per heavy atom. The number of H-pyrrole nitrogens is 1. The van der Waals surface area contributed by atoms with E-state index >= 15 is 0 Å². The maximum Gasteiger partial charge on any atom is 0.455 e. The van der Waals surface area contributed by atoms with Gasteiger partial charge in [0.05, 0.1) is 34.6 Å². The van der Waals surface area contributed by atoms with Gasteiger partial charge in [-0.05, 0) is 37.3 Å². The van der Waals surface area contributed by atoms with Crippen LogP contribution in [0.3, 0.4) is 0 Å². The summed E-state index contributed by atoms with van der Waals surface area (Å²) in [5, 5.41) is 16.7. The van der Waals surface area contributed by atoms with Crippen LogP contribution in [0.15, 0.2) is 46.3 Å². The summed E-state index contributed by atoms with van der Waals surface area (Å²) in [5.41, 5.74) is 0.281. The van der Waals surface area contributed by atoms with Crippen molar-refractivity contribution in [3.8, 4) is 17.5 Å². The Morgan fingerprint density at radius 3 is 2.47 bits per heavy atom. The van der Waals surface area contributed by atoms with Gasteiger partial charge in [-0.2, -0.15) is 27.2 Å². The molecule has 0 saturated heterocycles. The highest BCUT2D eigenvalue weighted by molar-refractivity contribution is 7.98. The fourth-order valence-electron chi connectivity index (χ4n) is 3.48. The Balaban J connectivity index is 0.00000158. The molecule has 1 saturated carbocycles. The van der Waals surface area contributed by atoms with Crippen molar-refractivity contribution < 1.29 is 32.0 Å². The van der Waals surface area contributed by atoms with Crippen molar-refractivity contribution in [3.63, 3.8) is 0 Å². The van der Waals surface area contributed by atoms with Crippen LogP contribution >= 0.6 is 11.8 Å². The third-order valence-electron chi connectivity index (χ3n) is 5.55. The SMILES string of the molecule is CO.CSc1cc(C2(C#N)CC2)c[nH+]c1-c1cc2ccc(=O)n(CC(F)(F)C(F)(F)F)c2cn1. The number of nitrogens with one attached hydrogen (secondary N) is 1. The molecule has 3 aromatic heterocycles. The molecular formula is C22H20F5N4O2S+. The number of hydrogen-bond acceptors (Lipinski definition) is 5. The van der Waals surface area contributed by atoms with Crippen molar-refractivity contribution in [2.45, 2.75) is 41.8 Å². The van der Waals surface area contributed by atoms with Crippen molar-refractivity contribution >= 4 is 22.7 Å². The molecule has 0 atom stereocenters. The second-order valence-corrected chi connectivity index (χ2v) is 8.46. The summed E-state index contributed by atoms with van der Waals surface area (Å²) in [5.74, 6) is -5.07. The van der Waals surface area contributed by atoms with Crippen LogP contribution in [0.1, 0.15) is 18.4 Å². The van der Waals surface area contributed by atoms with E-state index in [1.165, 1.54) is 23.9 Å². The van der Waals surface area contributed by atoms with Crippen LogP contribution in [-0.4, -0.2) is 40.1 Å². The molecule has 4 rings (SSSR count). The van der Waals surface area contributed by atoms with Gasteiger partial charge in [-0.3, -0.25) is 4.79 Å². The molecule has 3 aromatic rings. The van der Waals surface area contributed by atoms with Crippen LogP contribution < -0.4 is 10.5 Å². The van der Waals surface area contributed by atoms with E-state index in [1.807, 2.05) is 12.3 Å². The number of alkyl halides is 5. The molecule has 12 heteroatoms. The maximum absolute atomic E-state index is 13.6. The number of rotatable bonds is 5. The number of hydrogen-bond donors (Lipinski definition) is 1. The maximum atomic E-state index is 13.6. The Hall–Kier alpha value is -3.04. The highest BCUT2D eigenvalue weighted by atomic mass is 32.2. The number of thioether (sulfide) groups is 1. The number of pyridine rings is 3. The molecule has 0 bridgehead atoms. The number of nitriles is 1. The molecular weight excluding hydrogens is 479 g/mol. The minimum absolute atomic E-state index is 0.131. The summed E-state index contributed by atoms with van der Waals surface area (Å²) in [7, 11) is 1.00. The van der Waals surface area contributed by atoms with Crippen LogP contribution in [0, 0.1) is 11.3 Å². The lowest BCUT2D eigenvalue weighted by Crippen LogP contribution is -2.42.